The van der Waals surface area contributed by atoms with Gasteiger partial charge in [-0.3, -0.25) is 9.59 Å². The summed E-state index contributed by atoms with van der Waals surface area (Å²) < 4.78 is 2.12. The lowest BCUT2D eigenvalue weighted by Crippen LogP contribution is -2.23. The first kappa shape index (κ1) is 21.1. The highest BCUT2D eigenvalue weighted by Crippen LogP contribution is 2.40. The van der Waals surface area contributed by atoms with E-state index < -0.39 is 0 Å². The molecular formula is C23H25N5O2S. The van der Waals surface area contributed by atoms with Crippen molar-refractivity contribution < 1.29 is 9.59 Å². The van der Waals surface area contributed by atoms with Crippen molar-refractivity contribution in [1.29, 1.82) is 0 Å². The van der Waals surface area contributed by atoms with Crippen molar-refractivity contribution in [1.82, 2.24) is 20.1 Å². The van der Waals surface area contributed by atoms with Crippen LogP contribution in [0.25, 0.3) is 0 Å². The van der Waals surface area contributed by atoms with Gasteiger partial charge in [0, 0.05) is 13.0 Å². The number of carbonyl (C=O) groups is 2. The van der Waals surface area contributed by atoms with Gasteiger partial charge in [-0.25, -0.2) is 0 Å². The topological polar surface area (TPSA) is 88.9 Å². The predicted molar refractivity (Wildman–Crippen MR) is 121 cm³/mol. The Kier molecular flexibility index (Phi) is 6.36. The third-order valence-electron chi connectivity index (χ3n) is 5.20. The van der Waals surface area contributed by atoms with E-state index in [-0.39, 0.29) is 17.6 Å². The number of hydrogen-bond donors (Lipinski definition) is 2. The summed E-state index contributed by atoms with van der Waals surface area (Å²) in [6.45, 7) is 2.53. The van der Waals surface area contributed by atoms with Crippen LogP contribution in [0.2, 0.25) is 0 Å². The summed E-state index contributed by atoms with van der Waals surface area (Å²) in [4.78, 5) is 24.9. The van der Waals surface area contributed by atoms with E-state index in [0.717, 1.165) is 29.4 Å². The molecule has 0 unspecified atom stereocenters. The van der Waals surface area contributed by atoms with Crippen molar-refractivity contribution in [3.8, 4) is 0 Å². The number of hydrogen-bond acceptors (Lipinski definition) is 5. The van der Waals surface area contributed by atoms with Gasteiger partial charge in [-0.1, -0.05) is 54.2 Å². The Hall–Kier alpha value is -3.13. The highest BCUT2D eigenvalue weighted by Gasteiger charge is 2.30. The number of nitrogens with one attached hydrogen (secondary N) is 2. The molecule has 1 heterocycles. The van der Waals surface area contributed by atoms with Crippen molar-refractivity contribution in [3.05, 3.63) is 71.0 Å². The molecule has 7 nitrogen and oxygen atoms in total. The van der Waals surface area contributed by atoms with E-state index in [0.29, 0.717) is 23.7 Å². The number of thioether (sulfide) groups is 1. The Morgan fingerprint density at radius 2 is 1.87 bits per heavy atom. The van der Waals surface area contributed by atoms with Crippen LogP contribution in [0.3, 0.4) is 0 Å². The maximum absolute atomic E-state index is 12.7. The summed E-state index contributed by atoms with van der Waals surface area (Å²) in [6.07, 6.45) is 2.27. The molecule has 1 aromatic heterocycles. The summed E-state index contributed by atoms with van der Waals surface area (Å²) in [5.74, 6) is 1.22. The van der Waals surface area contributed by atoms with Crippen molar-refractivity contribution in [2.45, 2.75) is 37.4 Å². The average Bonchev–Trinajstić information content (AvgIpc) is 3.54. The summed E-state index contributed by atoms with van der Waals surface area (Å²) in [5.41, 5.74) is 2.97. The lowest BCUT2D eigenvalue weighted by molar-refractivity contribution is -0.113. The number of aryl methyl sites for hydroxylation is 1. The third kappa shape index (κ3) is 4.96. The molecule has 0 bridgehead atoms. The molecule has 2 aromatic carbocycles. The molecule has 31 heavy (non-hydrogen) atoms. The molecule has 8 heteroatoms. The number of nitrogens with zero attached hydrogens (tertiary/aromatic N) is 3. The van der Waals surface area contributed by atoms with Crippen LogP contribution in [0.5, 0.6) is 0 Å². The quantitative estimate of drug-likeness (QED) is 0.528. The van der Waals surface area contributed by atoms with Crippen molar-refractivity contribution in [2.24, 2.45) is 0 Å². The first-order valence-corrected chi connectivity index (χ1v) is 11.3. The number of rotatable bonds is 8. The molecule has 0 spiro atoms. The summed E-state index contributed by atoms with van der Waals surface area (Å²) in [7, 11) is 1.58. The summed E-state index contributed by atoms with van der Waals surface area (Å²) in [6, 6.07) is 15.6. The molecule has 1 fully saturated rings. The van der Waals surface area contributed by atoms with E-state index in [1.54, 1.807) is 13.1 Å². The maximum Gasteiger partial charge on any atom is 0.253 e. The average molecular weight is 436 g/mol. The smallest absolute Gasteiger partial charge is 0.253 e. The van der Waals surface area contributed by atoms with Crippen LogP contribution in [0, 0.1) is 6.92 Å². The van der Waals surface area contributed by atoms with Gasteiger partial charge in [0.2, 0.25) is 5.91 Å². The molecule has 3 aromatic rings. The normalized spacial score (nSPS) is 13.1. The molecule has 1 aliphatic rings. The van der Waals surface area contributed by atoms with Gasteiger partial charge in [-0.2, -0.15) is 0 Å². The number of benzene rings is 2. The summed E-state index contributed by atoms with van der Waals surface area (Å²) in [5, 5.41) is 15.0. The third-order valence-corrected chi connectivity index (χ3v) is 6.17. The first-order chi connectivity index (χ1) is 15.1. The van der Waals surface area contributed by atoms with Gasteiger partial charge in [0.05, 0.1) is 23.5 Å². The van der Waals surface area contributed by atoms with Gasteiger partial charge in [0.15, 0.2) is 5.16 Å². The van der Waals surface area contributed by atoms with Crippen LogP contribution in [0.4, 0.5) is 5.69 Å². The van der Waals surface area contributed by atoms with Crippen LogP contribution in [0.1, 0.15) is 46.1 Å². The maximum atomic E-state index is 12.7. The first-order valence-electron chi connectivity index (χ1n) is 10.3. The van der Waals surface area contributed by atoms with Gasteiger partial charge in [0.1, 0.15) is 5.82 Å². The molecule has 1 saturated carbocycles. The monoisotopic (exact) mass is 435 g/mol. The fourth-order valence-electron chi connectivity index (χ4n) is 3.48. The molecule has 160 valence electrons. The Morgan fingerprint density at radius 1 is 1.10 bits per heavy atom. The Morgan fingerprint density at radius 3 is 2.58 bits per heavy atom. The number of aromatic nitrogens is 3. The lowest BCUT2D eigenvalue weighted by atomic mass is 10.1. The zero-order chi connectivity index (χ0) is 21.8. The molecule has 0 aliphatic heterocycles. The molecule has 0 radical (unpaired) electrons. The predicted octanol–water partition coefficient (Wildman–Crippen LogP) is 3.60. The van der Waals surface area contributed by atoms with Crippen LogP contribution < -0.4 is 10.6 Å². The molecule has 0 saturated heterocycles. The van der Waals surface area contributed by atoms with Crippen LogP contribution in [0.15, 0.2) is 53.7 Å². The van der Waals surface area contributed by atoms with Gasteiger partial charge >= 0.3 is 0 Å². The Labute approximate surface area is 185 Å². The number of anilines is 1. The fourth-order valence-corrected chi connectivity index (χ4v) is 4.22. The number of carbonyl (C=O) groups excluding carboxylic acids is 2. The highest BCUT2D eigenvalue weighted by atomic mass is 32.2. The van der Waals surface area contributed by atoms with Gasteiger partial charge < -0.3 is 15.2 Å². The SMILES string of the molecule is CNC(=O)c1c(C)cccc1NC(=O)CSc1nnc(C2CC2)n1Cc1ccccc1. The van der Waals surface area contributed by atoms with Gasteiger partial charge in [0.25, 0.3) is 5.91 Å². The second-order valence-electron chi connectivity index (χ2n) is 7.60. The van der Waals surface area contributed by atoms with E-state index >= 15 is 0 Å². The molecule has 2 amide bonds. The minimum absolute atomic E-state index is 0.179. The second-order valence-corrected chi connectivity index (χ2v) is 8.54. The highest BCUT2D eigenvalue weighted by molar-refractivity contribution is 7.99. The van der Waals surface area contributed by atoms with Gasteiger partial charge in [-0.15, -0.1) is 10.2 Å². The molecule has 0 atom stereocenters. The van der Waals surface area contributed by atoms with Crippen molar-refractivity contribution in [3.63, 3.8) is 0 Å². The van der Waals surface area contributed by atoms with E-state index in [9.17, 15) is 9.59 Å². The van der Waals surface area contributed by atoms with E-state index in [2.05, 4.69) is 37.5 Å². The van der Waals surface area contributed by atoms with E-state index in [1.807, 2.05) is 37.3 Å². The van der Waals surface area contributed by atoms with Crippen LogP contribution in [-0.2, 0) is 11.3 Å². The lowest BCUT2D eigenvalue weighted by Gasteiger charge is -2.13. The number of amides is 2. The van der Waals surface area contributed by atoms with E-state index in [1.165, 1.54) is 17.3 Å². The molecular weight excluding hydrogens is 410 g/mol. The largest absolute Gasteiger partial charge is 0.355 e. The van der Waals surface area contributed by atoms with Crippen molar-refractivity contribution >= 4 is 29.3 Å². The zero-order valence-electron chi connectivity index (χ0n) is 17.6. The van der Waals surface area contributed by atoms with Crippen molar-refractivity contribution in [2.75, 3.05) is 18.1 Å². The minimum Gasteiger partial charge on any atom is -0.355 e. The van der Waals surface area contributed by atoms with Crippen LogP contribution >= 0.6 is 11.8 Å². The molecule has 1 aliphatic carbocycles. The second kappa shape index (κ2) is 9.34. The molecule has 2 N–H and O–H groups in total. The fraction of sp³-hybridized carbons (Fsp3) is 0.304. The Balaban J connectivity index is 1.47. The van der Waals surface area contributed by atoms with Crippen LogP contribution in [-0.4, -0.2) is 39.4 Å². The van der Waals surface area contributed by atoms with E-state index in [4.69, 9.17) is 0 Å². The molecule has 4 rings (SSSR count). The zero-order valence-corrected chi connectivity index (χ0v) is 18.4. The van der Waals surface area contributed by atoms with Gasteiger partial charge in [-0.05, 0) is 37.0 Å². The standard InChI is InChI=1S/C23H25N5O2S/c1-15-7-6-10-18(20(15)22(30)24-2)25-19(29)14-31-23-27-26-21(17-11-12-17)28(23)13-16-8-4-3-5-9-16/h3-10,17H,11-14H2,1-2H3,(H,24,30)(H,25,29). The minimum atomic E-state index is -0.224. The Bertz CT molecular complexity index is 1090. The summed E-state index contributed by atoms with van der Waals surface area (Å²) >= 11 is 1.36.